The molecule has 0 amide bonds. The van der Waals surface area contributed by atoms with E-state index in [0.29, 0.717) is 10.2 Å². The van der Waals surface area contributed by atoms with Gasteiger partial charge in [0.15, 0.2) is 0 Å². The summed E-state index contributed by atoms with van der Waals surface area (Å²) in [6, 6.07) is 6.04. The SMILES string of the molecule is Cc1ccc(Br)c(-c2csc3nc(N)[nH]c(=O)c23)c1. The van der Waals surface area contributed by atoms with E-state index in [2.05, 4.69) is 25.9 Å². The monoisotopic (exact) mass is 335 g/mol. The zero-order valence-corrected chi connectivity index (χ0v) is 12.4. The largest absolute Gasteiger partial charge is 0.369 e. The first-order valence-corrected chi connectivity index (χ1v) is 7.27. The number of anilines is 1. The van der Waals surface area contributed by atoms with Crippen LogP contribution in [0.2, 0.25) is 0 Å². The van der Waals surface area contributed by atoms with Crippen molar-refractivity contribution in [1.82, 2.24) is 9.97 Å². The van der Waals surface area contributed by atoms with Gasteiger partial charge >= 0.3 is 0 Å². The van der Waals surface area contributed by atoms with Crippen LogP contribution in [-0.2, 0) is 0 Å². The molecule has 4 nitrogen and oxygen atoms in total. The third-order valence-corrected chi connectivity index (χ3v) is 4.44. The molecule has 0 unspecified atom stereocenters. The molecule has 0 saturated heterocycles. The minimum atomic E-state index is -0.202. The van der Waals surface area contributed by atoms with Gasteiger partial charge in [0.05, 0.1) is 5.39 Å². The fourth-order valence-corrected chi connectivity index (χ4v) is 3.42. The van der Waals surface area contributed by atoms with E-state index in [1.807, 2.05) is 30.5 Å². The number of halogens is 1. The Kier molecular flexibility index (Phi) is 2.91. The van der Waals surface area contributed by atoms with Crippen LogP contribution in [0.1, 0.15) is 5.56 Å². The van der Waals surface area contributed by atoms with Gasteiger partial charge in [-0.05, 0) is 18.6 Å². The van der Waals surface area contributed by atoms with Crippen LogP contribution < -0.4 is 11.3 Å². The lowest BCUT2D eigenvalue weighted by atomic mass is 10.0. The van der Waals surface area contributed by atoms with Gasteiger partial charge in [0.1, 0.15) is 4.83 Å². The van der Waals surface area contributed by atoms with Crippen molar-refractivity contribution >= 4 is 43.4 Å². The number of nitrogen functional groups attached to an aromatic ring is 1. The Balaban J connectivity index is 2.38. The summed E-state index contributed by atoms with van der Waals surface area (Å²) < 4.78 is 0.953. The van der Waals surface area contributed by atoms with Gasteiger partial charge in [0.2, 0.25) is 5.95 Å². The van der Waals surface area contributed by atoms with Crippen LogP contribution in [0.3, 0.4) is 0 Å². The van der Waals surface area contributed by atoms with Gasteiger partial charge in [0.25, 0.3) is 5.56 Å². The van der Waals surface area contributed by atoms with Crippen molar-refractivity contribution < 1.29 is 0 Å². The van der Waals surface area contributed by atoms with Crippen LogP contribution >= 0.6 is 27.3 Å². The topological polar surface area (TPSA) is 71.8 Å². The average molecular weight is 336 g/mol. The molecule has 0 aliphatic heterocycles. The van der Waals surface area contributed by atoms with E-state index in [1.54, 1.807) is 0 Å². The number of nitrogens with zero attached hydrogens (tertiary/aromatic N) is 1. The highest BCUT2D eigenvalue weighted by Crippen LogP contribution is 2.35. The van der Waals surface area contributed by atoms with Crippen LogP contribution in [-0.4, -0.2) is 9.97 Å². The molecule has 0 aliphatic carbocycles. The molecule has 0 aliphatic rings. The molecule has 3 rings (SSSR count). The molecule has 0 atom stereocenters. The molecule has 0 radical (unpaired) electrons. The van der Waals surface area contributed by atoms with Crippen LogP contribution in [0.15, 0.2) is 32.8 Å². The van der Waals surface area contributed by atoms with Gasteiger partial charge in [-0.2, -0.15) is 0 Å². The molecule has 0 fully saturated rings. The second-order valence-electron chi connectivity index (χ2n) is 4.26. The lowest BCUT2D eigenvalue weighted by Gasteiger charge is -2.04. The van der Waals surface area contributed by atoms with Gasteiger partial charge in [-0.3, -0.25) is 9.78 Å². The second kappa shape index (κ2) is 4.47. The molecule has 2 heterocycles. The van der Waals surface area contributed by atoms with Crippen molar-refractivity contribution in [2.75, 3.05) is 5.73 Å². The molecule has 3 aromatic rings. The van der Waals surface area contributed by atoms with E-state index in [4.69, 9.17) is 5.73 Å². The van der Waals surface area contributed by atoms with Crippen molar-refractivity contribution in [2.45, 2.75) is 6.92 Å². The highest BCUT2D eigenvalue weighted by atomic mass is 79.9. The molecule has 19 heavy (non-hydrogen) atoms. The number of hydrogen-bond donors (Lipinski definition) is 2. The summed E-state index contributed by atoms with van der Waals surface area (Å²) in [4.78, 5) is 19.4. The van der Waals surface area contributed by atoms with Gasteiger partial charge in [-0.25, -0.2) is 4.98 Å². The Morgan fingerprint density at radius 1 is 1.37 bits per heavy atom. The van der Waals surface area contributed by atoms with E-state index < -0.39 is 0 Å². The molecule has 1 aromatic carbocycles. The minimum absolute atomic E-state index is 0.147. The number of aromatic amines is 1. The molecule has 2 aromatic heterocycles. The summed E-state index contributed by atoms with van der Waals surface area (Å²) in [5.74, 6) is 0.147. The molecular weight excluding hydrogens is 326 g/mol. The summed E-state index contributed by atoms with van der Waals surface area (Å²) in [7, 11) is 0. The molecule has 3 N–H and O–H groups in total. The molecule has 0 spiro atoms. The second-order valence-corrected chi connectivity index (χ2v) is 5.98. The number of fused-ring (bicyclic) bond motifs is 1. The van der Waals surface area contributed by atoms with Crippen LogP contribution in [0.5, 0.6) is 0 Å². The third-order valence-electron chi connectivity index (χ3n) is 2.87. The fraction of sp³-hybridized carbons (Fsp3) is 0.0769. The van der Waals surface area contributed by atoms with E-state index >= 15 is 0 Å². The normalized spacial score (nSPS) is 11.1. The van der Waals surface area contributed by atoms with Crippen molar-refractivity contribution in [3.05, 3.63) is 44.0 Å². The predicted molar refractivity (Wildman–Crippen MR) is 82.5 cm³/mol. The lowest BCUT2D eigenvalue weighted by molar-refractivity contribution is 1.20. The summed E-state index contributed by atoms with van der Waals surface area (Å²) in [6.07, 6.45) is 0. The molecule has 96 valence electrons. The number of aromatic nitrogens is 2. The predicted octanol–water partition coefficient (Wildman–Crippen LogP) is 3.30. The van der Waals surface area contributed by atoms with E-state index in [9.17, 15) is 4.79 Å². The number of hydrogen-bond acceptors (Lipinski definition) is 4. The number of aryl methyl sites for hydroxylation is 1. The highest BCUT2D eigenvalue weighted by molar-refractivity contribution is 9.10. The summed E-state index contributed by atoms with van der Waals surface area (Å²) in [6.45, 7) is 2.02. The number of rotatable bonds is 1. The molecular formula is C13H10BrN3OS. The van der Waals surface area contributed by atoms with Crippen LogP contribution in [0, 0.1) is 6.92 Å². The maximum atomic E-state index is 12.1. The lowest BCUT2D eigenvalue weighted by Crippen LogP contribution is -2.10. The highest BCUT2D eigenvalue weighted by Gasteiger charge is 2.14. The first-order chi connectivity index (χ1) is 9.06. The maximum absolute atomic E-state index is 12.1. The average Bonchev–Trinajstić information content (AvgIpc) is 2.76. The first kappa shape index (κ1) is 12.4. The van der Waals surface area contributed by atoms with Gasteiger partial charge in [0, 0.05) is 15.4 Å². The standard InChI is InChI=1S/C13H10BrN3OS/c1-6-2-3-9(14)7(4-6)8-5-19-12-10(8)11(18)16-13(15)17-12/h2-5H,1H3,(H3,15,16,17,18). The number of nitrogens with two attached hydrogens (primary N) is 1. The van der Waals surface area contributed by atoms with Crippen molar-refractivity contribution in [1.29, 1.82) is 0 Å². The van der Waals surface area contributed by atoms with Gasteiger partial charge in [-0.1, -0.05) is 33.6 Å². The number of thiophene rings is 1. The minimum Gasteiger partial charge on any atom is -0.369 e. The smallest absolute Gasteiger partial charge is 0.261 e. The Morgan fingerprint density at radius 2 is 2.16 bits per heavy atom. The van der Waals surface area contributed by atoms with Crippen LogP contribution in [0.25, 0.3) is 21.3 Å². The fourth-order valence-electron chi connectivity index (χ4n) is 2.01. The summed E-state index contributed by atoms with van der Waals surface area (Å²) in [5.41, 5.74) is 8.36. The van der Waals surface area contributed by atoms with E-state index in [1.165, 1.54) is 11.3 Å². The van der Waals surface area contributed by atoms with Crippen LogP contribution in [0.4, 0.5) is 5.95 Å². The third kappa shape index (κ3) is 2.06. The quantitative estimate of drug-likeness (QED) is 0.716. The zero-order chi connectivity index (χ0) is 13.6. The van der Waals surface area contributed by atoms with Crippen molar-refractivity contribution in [2.24, 2.45) is 0 Å². The first-order valence-electron chi connectivity index (χ1n) is 5.60. The van der Waals surface area contributed by atoms with E-state index in [-0.39, 0.29) is 11.5 Å². The van der Waals surface area contributed by atoms with Gasteiger partial charge in [-0.15, -0.1) is 11.3 Å². The zero-order valence-electron chi connectivity index (χ0n) is 10.0. The maximum Gasteiger partial charge on any atom is 0.261 e. The number of H-pyrrole nitrogens is 1. The summed E-state index contributed by atoms with van der Waals surface area (Å²) in [5, 5.41) is 2.52. The van der Waals surface area contributed by atoms with Crippen molar-refractivity contribution in [3.8, 4) is 11.1 Å². The Bertz CT molecular complexity index is 838. The van der Waals surface area contributed by atoms with Gasteiger partial charge < -0.3 is 5.73 Å². The summed E-state index contributed by atoms with van der Waals surface area (Å²) >= 11 is 4.94. The Hall–Kier alpha value is -1.66. The Morgan fingerprint density at radius 3 is 2.95 bits per heavy atom. The molecule has 0 saturated carbocycles. The number of benzene rings is 1. The molecule has 0 bridgehead atoms. The van der Waals surface area contributed by atoms with E-state index in [0.717, 1.165) is 21.2 Å². The Labute approximate surface area is 121 Å². The van der Waals surface area contributed by atoms with Crippen molar-refractivity contribution in [3.63, 3.8) is 0 Å². The number of nitrogens with one attached hydrogen (secondary N) is 1. The molecule has 6 heteroatoms.